The number of hydrogen-bond acceptors (Lipinski definition) is 2. The van der Waals surface area contributed by atoms with E-state index in [1.807, 2.05) is 61.6 Å². The number of imide groups is 1. The first kappa shape index (κ1) is 18.2. The van der Waals surface area contributed by atoms with Gasteiger partial charge in [0.25, 0.3) is 5.91 Å². The number of amides is 3. The number of carbonyl (C=O) groups excluding carboxylic acids is 2. The fraction of sp³-hybridized carbons (Fsp3) is 0.222. The van der Waals surface area contributed by atoms with E-state index in [4.69, 9.17) is 0 Å². The Bertz CT molecular complexity index is 689. The van der Waals surface area contributed by atoms with Crippen molar-refractivity contribution in [3.05, 3.63) is 70.2 Å². The number of rotatable bonds is 5. The number of halogens is 1. The Morgan fingerprint density at radius 3 is 2.29 bits per heavy atom. The van der Waals surface area contributed by atoms with Crippen LogP contribution in [0.2, 0.25) is 0 Å². The van der Waals surface area contributed by atoms with Crippen molar-refractivity contribution in [3.8, 4) is 0 Å². The minimum Gasteiger partial charge on any atom is -0.341 e. The second-order valence-corrected chi connectivity index (χ2v) is 6.48. The summed E-state index contributed by atoms with van der Waals surface area (Å²) >= 11 is 3.42. The Balaban J connectivity index is 2.22. The van der Waals surface area contributed by atoms with E-state index in [9.17, 15) is 9.59 Å². The van der Waals surface area contributed by atoms with Gasteiger partial charge in [0.2, 0.25) is 0 Å². The zero-order chi connectivity index (χ0) is 17.5. The third-order valence-electron chi connectivity index (χ3n) is 3.75. The minimum atomic E-state index is -0.502. The molecule has 2 atom stereocenters. The van der Waals surface area contributed by atoms with Crippen LogP contribution in [0.25, 0.3) is 0 Å². The van der Waals surface area contributed by atoms with Crippen LogP contribution in [-0.2, 0) is 11.3 Å². The maximum atomic E-state index is 12.6. The van der Waals surface area contributed by atoms with E-state index in [1.54, 1.807) is 0 Å². The molecule has 126 valence electrons. The molecule has 0 fully saturated rings. The van der Waals surface area contributed by atoms with Gasteiger partial charge in [0.15, 0.2) is 6.04 Å². The van der Waals surface area contributed by atoms with Gasteiger partial charge in [-0.2, -0.15) is 0 Å². The number of urea groups is 1. The molecule has 3 N–H and O–H groups in total. The molecule has 3 amide bonds. The van der Waals surface area contributed by atoms with Gasteiger partial charge in [0, 0.05) is 22.6 Å². The topological polar surface area (TPSA) is 62.6 Å². The fourth-order valence-electron chi connectivity index (χ4n) is 2.58. The highest BCUT2D eigenvalue weighted by Gasteiger charge is 2.30. The van der Waals surface area contributed by atoms with E-state index in [-0.39, 0.29) is 5.91 Å². The van der Waals surface area contributed by atoms with Crippen molar-refractivity contribution in [3.63, 3.8) is 0 Å². The summed E-state index contributed by atoms with van der Waals surface area (Å²) < 4.78 is 1.01. The number of quaternary nitrogens is 1. The van der Waals surface area contributed by atoms with Gasteiger partial charge >= 0.3 is 6.03 Å². The van der Waals surface area contributed by atoms with Gasteiger partial charge in [-0.1, -0.05) is 58.4 Å². The van der Waals surface area contributed by atoms with E-state index >= 15 is 0 Å². The molecule has 6 heteroatoms. The molecule has 0 spiro atoms. The summed E-state index contributed by atoms with van der Waals surface area (Å²) in [6, 6.07) is 16.5. The number of nitrogens with one attached hydrogen (secondary N) is 3. The summed E-state index contributed by atoms with van der Waals surface area (Å²) in [6.07, 6.45) is 0. The molecule has 0 aromatic heterocycles. The zero-order valence-corrected chi connectivity index (χ0v) is 15.3. The number of benzene rings is 2. The molecule has 0 aliphatic heterocycles. The first-order valence-corrected chi connectivity index (χ1v) is 8.45. The molecule has 2 aromatic carbocycles. The molecule has 0 heterocycles. The van der Waals surface area contributed by atoms with Crippen LogP contribution in [0.5, 0.6) is 0 Å². The summed E-state index contributed by atoms with van der Waals surface area (Å²) in [7, 11) is 3.43. The lowest BCUT2D eigenvalue weighted by molar-refractivity contribution is -0.916. The molecule has 0 saturated carbocycles. The van der Waals surface area contributed by atoms with Crippen molar-refractivity contribution in [2.75, 3.05) is 14.1 Å². The maximum Gasteiger partial charge on any atom is 0.321 e. The third kappa shape index (κ3) is 4.91. The van der Waals surface area contributed by atoms with E-state index < -0.39 is 12.1 Å². The van der Waals surface area contributed by atoms with Gasteiger partial charge in [-0.05, 0) is 12.1 Å². The molecule has 5 nitrogen and oxygen atoms in total. The minimum absolute atomic E-state index is 0.324. The Kier molecular flexibility index (Phi) is 6.52. The van der Waals surface area contributed by atoms with Crippen molar-refractivity contribution in [2.45, 2.75) is 12.6 Å². The molecule has 2 aromatic rings. The van der Waals surface area contributed by atoms with Crippen molar-refractivity contribution in [1.82, 2.24) is 10.6 Å². The molecule has 0 aliphatic carbocycles. The quantitative estimate of drug-likeness (QED) is 0.726. The van der Waals surface area contributed by atoms with Gasteiger partial charge in [0.05, 0.1) is 7.05 Å². The average molecular weight is 391 g/mol. The largest absolute Gasteiger partial charge is 0.341 e. The number of likely N-dealkylation sites (N-methyl/N-ethyl adjacent to an activating group) is 1. The van der Waals surface area contributed by atoms with Crippen LogP contribution >= 0.6 is 15.9 Å². The Labute approximate surface area is 150 Å². The van der Waals surface area contributed by atoms with Crippen LogP contribution < -0.4 is 15.5 Å². The highest BCUT2D eigenvalue weighted by Crippen LogP contribution is 2.12. The monoisotopic (exact) mass is 390 g/mol. The van der Waals surface area contributed by atoms with Crippen LogP contribution in [0.1, 0.15) is 17.2 Å². The Morgan fingerprint density at radius 2 is 1.71 bits per heavy atom. The predicted molar refractivity (Wildman–Crippen MR) is 96.5 cm³/mol. The van der Waals surface area contributed by atoms with Crippen LogP contribution in [0.15, 0.2) is 59.1 Å². The lowest BCUT2D eigenvalue weighted by atomic mass is 10.0. The highest BCUT2D eigenvalue weighted by molar-refractivity contribution is 9.10. The van der Waals surface area contributed by atoms with Crippen LogP contribution in [0.3, 0.4) is 0 Å². The summed E-state index contributed by atoms with van der Waals surface area (Å²) in [6.45, 7) is 0.661. The third-order valence-corrected chi connectivity index (χ3v) is 4.28. The van der Waals surface area contributed by atoms with Crippen molar-refractivity contribution >= 4 is 27.9 Å². The van der Waals surface area contributed by atoms with Crippen LogP contribution in [0, 0.1) is 0 Å². The maximum absolute atomic E-state index is 12.6. The van der Waals surface area contributed by atoms with Gasteiger partial charge < -0.3 is 10.2 Å². The molecule has 0 radical (unpaired) electrons. The zero-order valence-electron chi connectivity index (χ0n) is 13.7. The molecular formula is C18H21BrN3O2+. The number of hydrogen-bond donors (Lipinski definition) is 3. The van der Waals surface area contributed by atoms with Gasteiger partial charge in [-0.15, -0.1) is 0 Å². The smallest absolute Gasteiger partial charge is 0.321 e. The SMILES string of the molecule is CNC(=O)NC(=O)[C@@H](c1ccccc1)[NH+](C)Cc1ccc(Br)cc1. The normalized spacial score (nSPS) is 13.0. The van der Waals surface area contributed by atoms with Crippen LogP contribution in [-0.4, -0.2) is 26.0 Å². The summed E-state index contributed by atoms with van der Waals surface area (Å²) in [4.78, 5) is 25.1. The fourth-order valence-corrected chi connectivity index (χ4v) is 2.84. The summed E-state index contributed by atoms with van der Waals surface area (Å²) in [5, 5.41) is 4.80. The number of carbonyl (C=O) groups is 2. The van der Waals surface area contributed by atoms with Crippen LogP contribution in [0.4, 0.5) is 4.79 Å². The first-order valence-electron chi connectivity index (χ1n) is 7.65. The molecule has 1 unspecified atom stereocenters. The van der Waals surface area contributed by atoms with Crippen molar-refractivity contribution in [2.24, 2.45) is 0 Å². The molecule has 2 rings (SSSR count). The van der Waals surface area contributed by atoms with Crippen molar-refractivity contribution in [1.29, 1.82) is 0 Å². The molecule has 0 aliphatic rings. The highest BCUT2D eigenvalue weighted by atomic mass is 79.9. The summed E-state index contributed by atoms with van der Waals surface area (Å²) in [5.41, 5.74) is 1.98. The van der Waals surface area contributed by atoms with E-state index in [2.05, 4.69) is 26.6 Å². The van der Waals surface area contributed by atoms with Crippen molar-refractivity contribution < 1.29 is 14.5 Å². The van der Waals surface area contributed by atoms with Gasteiger partial charge in [-0.25, -0.2) is 4.79 Å². The van der Waals surface area contributed by atoms with Gasteiger partial charge in [0.1, 0.15) is 6.54 Å². The Hall–Kier alpha value is -2.18. The summed E-state index contributed by atoms with van der Waals surface area (Å²) in [5.74, 6) is -0.324. The van der Waals surface area contributed by atoms with Gasteiger partial charge in [-0.3, -0.25) is 10.1 Å². The average Bonchev–Trinajstić information content (AvgIpc) is 2.58. The standard InChI is InChI=1S/C18H20BrN3O2/c1-20-18(24)21-17(23)16(14-6-4-3-5-7-14)22(2)12-13-8-10-15(19)11-9-13/h3-11,16H,12H2,1-2H3,(H2,20,21,23,24)/p+1/t16-/m1/s1. The second-order valence-electron chi connectivity index (χ2n) is 5.56. The van der Waals surface area contributed by atoms with E-state index in [0.717, 1.165) is 20.5 Å². The molecule has 0 saturated heterocycles. The lowest BCUT2D eigenvalue weighted by Gasteiger charge is -2.24. The molecule has 24 heavy (non-hydrogen) atoms. The molecular weight excluding hydrogens is 370 g/mol. The van der Waals surface area contributed by atoms with E-state index in [1.165, 1.54) is 7.05 Å². The lowest BCUT2D eigenvalue weighted by Crippen LogP contribution is -3.09. The second kappa shape index (κ2) is 8.61. The first-order chi connectivity index (χ1) is 11.5. The predicted octanol–water partition coefficient (Wildman–Crippen LogP) is 1.66. The molecule has 0 bridgehead atoms. The Morgan fingerprint density at radius 1 is 1.08 bits per heavy atom. The van der Waals surface area contributed by atoms with E-state index in [0.29, 0.717) is 6.54 Å².